The molecule has 21 heavy (non-hydrogen) atoms. The van der Waals surface area contributed by atoms with Gasteiger partial charge in [-0.1, -0.05) is 0 Å². The number of non-ortho nitro benzene ring substituents is 1. The van der Waals surface area contributed by atoms with Crippen LogP contribution >= 0.6 is 0 Å². The molecule has 0 N–H and O–H groups in total. The molecule has 2 rings (SSSR count). The third kappa shape index (κ3) is 2.69. The van der Waals surface area contributed by atoms with E-state index in [0.717, 1.165) is 6.07 Å². The predicted octanol–water partition coefficient (Wildman–Crippen LogP) is 1.37. The lowest BCUT2D eigenvalue weighted by atomic mass is 10.1. The van der Waals surface area contributed by atoms with Gasteiger partial charge in [0.1, 0.15) is 0 Å². The van der Waals surface area contributed by atoms with E-state index in [1.807, 2.05) is 0 Å². The second kappa shape index (κ2) is 5.63. The molecule has 1 atom stereocenters. The summed E-state index contributed by atoms with van der Waals surface area (Å²) in [5, 5.41) is 10.8. The zero-order valence-electron chi connectivity index (χ0n) is 11.2. The summed E-state index contributed by atoms with van der Waals surface area (Å²) in [6.07, 6.45) is 5.50. The molecule has 0 aliphatic carbocycles. The largest absolute Gasteiger partial charge is 0.465 e. The van der Waals surface area contributed by atoms with Crippen LogP contribution in [0.1, 0.15) is 16.8 Å². The minimum absolute atomic E-state index is 0.0299. The van der Waals surface area contributed by atoms with Crippen molar-refractivity contribution in [3.05, 3.63) is 33.9 Å². The summed E-state index contributed by atoms with van der Waals surface area (Å²) in [7, 11) is 1.17. The summed E-state index contributed by atoms with van der Waals surface area (Å²) >= 11 is 0. The summed E-state index contributed by atoms with van der Waals surface area (Å²) in [4.78, 5) is 35.3. The highest BCUT2D eigenvalue weighted by atomic mass is 16.6. The minimum Gasteiger partial charge on any atom is -0.465 e. The Morgan fingerprint density at radius 3 is 2.81 bits per heavy atom. The summed E-state index contributed by atoms with van der Waals surface area (Å²) in [6, 6.07) is 3.69. The zero-order valence-corrected chi connectivity index (χ0v) is 11.2. The average Bonchev–Trinajstić information content (AvgIpc) is 2.86. The number of ether oxygens (including phenoxy) is 1. The number of amides is 1. The number of carbonyl (C=O) groups is 2. The molecule has 1 heterocycles. The van der Waals surface area contributed by atoms with E-state index in [1.54, 1.807) is 0 Å². The average molecular weight is 288 g/mol. The first kappa shape index (κ1) is 14.5. The molecule has 1 amide bonds. The van der Waals surface area contributed by atoms with Crippen LogP contribution in [0.25, 0.3) is 0 Å². The number of nitro benzene ring substituents is 1. The topological polar surface area (TPSA) is 89.8 Å². The lowest BCUT2D eigenvalue weighted by Gasteiger charge is -2.18. The third-order valence-corrected chi connectivity index (χ3v) is 3.25. The molecular weight excluding hydrogens is 276 g/mol. The first-order valence-corrected chi connectivity index (χ1v) is 6.11. The standard InChI is InChI=1S/C14H12N2O5/c1-3-9-6-13(17)15(8-9)12-5-4-10(16(19)20)7-11(12)14(18)21-2/h1,4-5,7,9H,6,8H2,2H3. The highest BCUT2D eigenvalue weighted by molar-refractivity contribution is 6.04. The molecule has 1 aromatic carbocycles. The van der Waals surface area contributed by atoms with Crippen molar-refractivity contribution in [3.63, 3.8) is 0 Å². The van der Waals surface area contributed by atoms with Gasteiger partial charge in [0.05, 0.1) is 23.3 Å². The van der Waals surface area contributed by atoms with Gasteiger partial charge in [0, 0.05) is 31.0 Å². The smallest absolute Gasteiger partial charge is 0.340 e. The lowest BCUT2D eigenvalue weighted by Crippen LogP contribution is -2.26. The molecule has 7 nitrogen and oxygen atoms in total. The Labute approximate surface area is 120 Å². The van der Waals surface area contributed by atoms with E-state index in [1.165, 1.54) is 24.1 Å². The molecule has 1 aliphatic rings. The summed E-state index contributed by atoms with van der Waals surface area (Å²) in [5.74, 6) is 1.29. The Hall–Kier alpha value is -2.88. The first-order valence-electron chi connectivity index (χ1n) is 6.11. The maximum Gasteiger partial charge on any atom is 0.340 e. The fourth-order valence-electron chi connectivity index (χ4n) is 2.20. The summed E-state index contributed by atoms with van der Waals surface area (Å²) < 4.78 is 4.62. The number of hydrogen-bond donors (Lipinski definition) is 0. The van der Waals surface area contributed by atoms with Gasteiger partial charge in [0.2, 0.25) is 5.91 Å². The van der Waals surface area contributed by atoms with Crippen LogP contribution in [0.4, 0.5) is 11.4 Å². The van der Waals surface area contributed by atoms with Crippen LogP contribution in [-0.4, -0.2) is 30.5 Å². The van der Waals surface area contributed by atoms with Crippen LogP contribution in [0, 0.1) is 28.4 Å². The first-order chi connectivity index (χ1) is 9.97. The van der Waals surface area contributed by atoms with Crippen molar-refractivity contribution in [2.45, 2.75) is 6.42 Å². The predicted molar refractivity (Wildman–Crippen MR) is 73.7 cm³/mol. The van der Waals surface area contributed by atoms with Gasteiger partial charge in [-0.15, -0.1) is 12.3 Å². The highest BCUT2D eigenvalue weighted by Gasteiger charge is 2.32. The van der Waals surface area contributed by atoms with Crippen molar-refractivity contribution < 1.29 is 19.2 Å². The van der Waals surface area contributed by atoms with Gasteiger partial charge in [-0.25, -0.2) is 4.79 Å². The van der Waals surface area contributed by atoms with E-state index in [9.17, 15) is 19.7 Å². The zero-order chi connectivity index (χ0) is 15.6. The van der Waals surface area contributed by atoms with Gasteiger partial charge in [-0.3, -0.25) is 14.9 Å². The molecule has 1 aliphatic heterocycles. The molecule has 1 saturated heterocycles. The number of anilines is 1. The quantitative estimate of drug-likeness (QED) is 0.362. The van der Waals surface area contributed by atoms with Crippen molar-refractivity contribution in [3.8, 4) is 12.3 Å². The van der Waals surface area contributed by atoms with Crippen molar-refractivity contribution in [2.24, 2.45) is 5.92 Å². The maximum absolute atomic E-state index is 12.0. The Balaban J connectivity index is 2.48. The van der Waals surface area contributed by atoms with Crippen molar-refractivity contribution in [2.75, 3.05) is 18.6 Å². The summed E-state index contributed by atoms with van der Waals surface area (Å²) in [5.41, 5.74) is -0.00721. The van der Waals surface area contributed by atoms with Crippen LogP contribution in [0.15, 0.2) is 18.2 Å². The molecule has 0 bridgehead atoms. The molecule has 1 aromatic rings. The van der Waals surface area contributed by atoms with Crippen LogP contribution in [0.3, 0.4) is 0 Å². The SMILES string of the molecule is C#CC1CC(=O)N(c2ccc([N+](=O)[O-])cc2C(=O)OC)C1. The second-order valence-corrected chi connectivity index (χ2v) is 4.52. The monoisotopic (exact) mass is 288 g/mol. The van der Waals surface area contributed by atoms with Gasteiger partial charge in [-0.2, -0.15) is 0 Å². The normalized spacial score (nSPS) is 17.4. The molecule has 108 valence electrons. The number of benzene rings is 1. The lowest BCUT2D eigenvalue weighted by molar-refractivity contribution is -0.384. The van der Waals surface area contributed by atoms with E-state index in [2.05, 4.69) is 10.7 Å². The van der Waals surface area contributed by atoms with Crippen LogP contribution < -0.4 is 4.90 Å². The van der Waals surface area contributed by atoms with Gasteiger partial charge in [0.25, 0.3) is 5.69 Å². The molecular formula is C14H12N2O5. The van der Waals surface area contributed by atoms with Crippen LogP contribution in [-0.2, 0) is 9.53 Å². The summed E-state index contributed by atoms with van der Waals surface area (Å²) in [6.45, 7) is 0.275. The fraction of sp³-hybridized carbons (Fsp3) is 0.286. The van der Waals surface area contributed by atoms with Crippen molar-refractivity contribution >= 4 is 23.3 Å². The van der Waals surface area contributed by atoms with Gasteiger partial charge in [0.15, 0.2) is 0 Å². The molecule has 7 heteroatoms. The molecule has 0 radical (unpaired) electrons. The number of nitrogens with zero attached hydrogens (tertiary/aromatic N) is 2. The number of rotatable bonds is 3. The van der Waals surface area contributed by atoms with E-state index in [-0.39, 0.29) is 41.7 Å². The minimum atomic E-state index is -0.745. The van der Waals surface area contributed by atoms with Gasteiger partial charge >= 0.3 is 5.97 Å². The van der Waals surface area contributed by atoms with E-state index >= 15 is 0 Å². The van der Waals surface area contributed by atoms with Gasteiger partial charge in [-0.05, 0) is 6.07 Å². The maximum atomic E-state index is 12.0. The Bertz CT molecular complexity index is 662. The number of hydrogen-bond acceptors (Lipinski definition) is 5. The fourth-order valence-corrected chi connectivity index (χ4v) is 2.20. The Morgan fingerprint density at radius 2 is 2.29 bits per heavy atom. The van der Waals surface area contributed by atoms with Crippen LogP contribution in [0.5, 0.6) is 0 Å². The van der Waals surface area contributed by atoms with Crippen LogP contribution in [0.2, 0.25) is 0 Å². The number of methoxy groups -OCH3 is 1. The van der Waals surface area contributed by atoms with E-state index < -0.39 is 10.9 Å². The number of esters is 1. The highest BCUT2D eigenvalue weighted by Crippen LogP contribution is 2.31. The van der Waals surface area contributed by atoms with Crippen molar-refractivity contribution in [1.82, 2.24) is 0 Å². The third-order valence-electron chi connectivity index (χ3n) is 3.25. The van der Waals surface area contributed by atoms with E-state index in [0.29, 0.717) is 0 Å². The Morgan fingerprint density at radius 1 is 1.57 bits per heavy atom. The Kier molecular flexibility index (Phi) is 3.89. The van der Waals surface area contributed by atoms with E-state index in [4.69, 9.17) is 6.42 Å². The molecule has 0 saturated carbocycles. The van der Waals surface area contributed by atoms with Crippen molar-refractivity contribution in [1.29, 1.82) is 0 Å². The molecule has 1 unspecified atom stereocenters. The number of nitro groups is 1. The molecule has 1 fully saturated rings. The number of carbonyl (C=O) groups excluding carboxylic acids is 2. The second-order valence-electron chi connectivity index (χ2n) is 4.52. The number of terminal acetylenes is 1. The van der Waals surface area contributed by atoms with Gasteiger partial charge < -0.3 is 9.64 Å². The molecule has 0 aromatic heterocycles. The molecule has 0 spiro atoms.